The van der Waals surface area contributed by atoms with Crippen LogP contribution in [0, 0.1) is 0 Å². The Morgan fingerprint density at radius 3 is 1.30 bits per heavy atom. The van der Waals surface area contributed by atoms with Crippen LogP contribution in [0.2, 0.25) is 0 Å². The van der Waals surface area contributed by atoms with Crippen LogP contribution in [0.15, 0.2) is 84.9 Å². The van der Waals surface area contributed by atoms with Crippen molar-refractivity contribution in [3.8, 4) is 0 Å². The first-order valence-corrected chi connectivity index (χ1v) is 11.0. The summed E-state index contributed by atoms with van der Waals surface area (Å²) in [4.78, 5) is 0. The van der Waals surface area contributed by atoms with Crippen molar-refractivity contribution in [1.82, 2.24) is 0 Å². The summed E-state index contributed by atoms with van der Waals surface area (Å²) >= 11 is -2.28. The van der Waals surface area contributed by atoms with Crippen LogP contribution < -0.4 is 10.8 Å². The summed E-state index contributed by atoms with van der Waals surface area (Å²) in [6.07, 6.45) is -4.29. The Morgan fingerprint density at radius 1 is 0.522 bits per heavy atom. The molecule has 0 spiro atoms. The van der Waals surface area contributed by atoms with Gasteiger partial charge in [-0.3, -0.25) is 0 Å². The van der Waals surface area contributed by atoms with Crippen molar-refractivity contribution < 1.29 is 13.2 Å². The van der Waals surface area contributed by atoms with Crippen LogP contribution in [0.4, 0.5) is 13.2 Å². The molecule has 0 atom stereocenters. The van der Waals surface area contributed by atoms with Crippen LogP contribution in [0.3, 0.4) is 0 Å². The Balaban J connectivity index is 2.06. The van der Waals surface area contributed by atoms with Gasteiger partial charge in [0.15, 0.2) is 0 Å². The zero-order chi connectivity index (χ0) is 16.3. The second-order valence-corrected chi connectivity index (χ2v) is 11.4. The number of benzene rings is 3. The van der Waals surface area contributed by atoms with Crippen molar-refractivity contribution in [3.63, 3.8) is 0 Å². The number of rotatable bonds is 3. The second-order valence-electron chi connectivity index (χ2n) is 5.05. The van der Waals surface area contributed by atoms with Gasteiger partial charge in [-0.1, -0.05) is 0 Å². The number of alkyl halides is 3. The van der Waals surface area contributed by atoms with E-state index in [4.69, 9.17) is 0 Å². The van der Waals surface area contributed by atoms with Crippen LogP contribution in [-0.2, 0) is 6.18 Å². The first-order chi connectivity index (χ1) is 11.1. The SMILES string of the molecule is FC(F)(F)c1ccc([TeH](c2ccccc2)c2ccccc2)cc1. The van der Waals surface area contributed by atoms with Gasteiger partial charge in [-0.2, -0.15) is 0 Å². The molecular weight excluding hydrogens is 413 g/mol. The third-order valence-corrected chi connectivity index (χ3v) is 10.5. The molecule has 0 aliphatic heterocycles. The Bertz CT molecular complexity index is 711. The standard InChI is InChI=1S/C19H15F3Te/c20-19(21,22)15-11-13-18(14-12-15)23(16-7-3-1-4-8-16)17-9-5-2-6-10-17/h1-14,23H. The topological polar surface area (TPSA) is 0 Å². The summed E-state index contributed by atoms with van der Waals surface area (Å²) in [5.74, 6) is 0. The van der Waals surface area contributed by atoms with Gasteiger partial charge in [0, 0.05) is 0 Å². The van der Waals surface area contributed by atoms with Gasteiger partial charge in [-0.25, -0.2) is 0 Å². The summed E-state index contributed by atoms with van der Waals surface area (Å²) in [5, 5.41) is 0. The molecule has 3 aromatic rings. The molecule has 118 valence electrons. The molecule has 0 fully saturated rings. The molecule has 23 heavy (non-hydrogen) atoms. The molecule has 0 aliphatic rings. The quantitative estimate of drug-likeness (QED) is 0.564. The summed E-state index contributed by atoms with van der Waals surface area (Å²) in [7, 11) is 0. The molecule has 4 heteroatoms. The first-order valence-electron chi connectivity index (χ1n) is 7.13. The van der Waals surface area contributed by atoms with E-state index in [1.165, 1.54) is 19.4 Å². The maximum absolute atomic E-state index is 12.8. The van der Waals surface area contributed by atoms with Crippen molar-refractivity contribution in [1.29, 1.82) is 0 Å². The molecule has 0 heterocycles. The van der Waals surface area contributed by atoms with Crippen molar-refractivity contribution in [2.24, 2.45) is 0 Å². The van der Waals surface area contributed by atoms with Crippen molar-refractivity contribution in [3.05, 3.63) is 90.5 Å². The molecule has 3 rings (SSSR count). The normalized spacial score (nSPS) is 12.0. The van der Waals surface area contributed by atoms with Crippen LogP contribution in [0.5, 0.6) is 0 Å². The van der Waals surface area contributed by atoms with E-state index in [0.29, 0.717) is 0 Å². The molecule has 0 saturated carbocycles. The molecule has 0 N–H and O–H groups in total. The molecule has 3 aromatic carbocycles. The average Bonchev–Trinajstić information content (AvgIpc) is 2.57. The minimum absolute atomic E-state index is 0.595. The molecular formula is C19H15F3Te. The van der Waals surface area contributed by atoms with Gasteiger partial charge in [0.2, 0.25) is 0 Å². The minimum atomic E-state index is -4.29. The molecule has 0 unspecified atom stereocenters. The molecule has 0 saturated heterocycles. The zero-order valence-corrected chi connectivity index (χ0v) is 14.7. The van der Waals surface area contributed by atoms with E-state index in [0.717, 1.165) is 3.61 Å². The predicted octanol–water partition coefficient (Wildman–Crippen LogP) is 2.95. The van der Waals surface area contributed by atoms with Gasteiger partial charge in [-0.15, -0.1) is 0 Å². The van der Waals surface area contributed by atoms with Gasteiger partial charge in [0.1, 0.15) is 0 Å². The summed E-state index contributed by atoms with van der Waals surface area (Å²) in [5.41, 5.74) is -0.595. The molecule has 0 nitrogen and oxygen atoms in total. The van der Waals surface area contributed by atoms with Gasteiger partial charge >= 0.3 is 140 Å². The number of hydrogen-bond acceptors (Lipinski definition) is 0. The van der Waals surface area contributed by atoms with Gasteiger partial charge in [0.25, 0.3) is 0 Å². The Kier molecular flexibility index (Phi) is 4.75. The fraction of sp³-hybridized carbons (Fsp3) is 0.0526. The van der Waals surface area contributed by atoms with E-state index in [-0.39, 0.29) is 0 Å². The third-order valence-electron chi connectivity index (χ3n) is 3.48. The fourth-order valence-electron chi connectivity index (χ4n) is 2.40. The molecule has 0 aliphatic carbocycles. The first kappa shape index (κ1) is 16.1. The summed E-state index contributed by atoms with van der Waals surface area (Å²) in [6.45, 7) is 0. The number of hydrogen-bond donors (Lipinski definition) is 0. The Hall–Kier alpha value is -1.76. The Labute approximate surface area is 140 Å². The van der Waals surface area contributed by atoms with E-state index >= 15 is 0 Å². The van der Waals surface area contributed by atoms with Crippen LogP contribution >= 0.6 is 0 Å². The monoisotopic (exact) mass is 430 g/mol. The van der Waals surface area contributed by atoms with E-state index in [2.05, 4.69) is 24.3 Å². The van der Waals surface area contributed by atoms with E-state index in [9.17, 15) is 13.2 Å². The third kappa shape index (κ3) is 3.77. The molecule has 0 amide bonds. The molecule has 0 aromatic heterocycles. The second kappa shape index (κ2) is 6.78. The summed E-state index contributed by atoms with van der Waals surface area (Å²) < 4.78 is 41.8. The maximum atomic E-state index is 12.8. The number of halogens is 3. The summed E-state index contributed by atoms with van der Waals surface area (Å²) in [6, 6.07) is 25.8. The Morgan fingerprint density at radius 2 is 0.913 bits per heavy atom. The van der Waals surface area contributed by atoms with Gasteiger partial charge in [-0.05, 0) is 0 Å². The van der Waals surface area contributed by atoms with E-state index in [1.54, 1.807) is 12.1 Å². The van der Waals surface area contributed by atoms with Crippen molar-refractivity contribution in [2.75, 3.05) is 0 Å². The van der Waals surface area contributed by atoms with Crippen LogP contribution in [0.1, 0.15) is 5.56 Å². The van der Waals surface area contributed by atoms with E-state index < -0.39 is 31.3 Å². The van der Waals surface area contributed by atoms with Crippen molar-refractivity contribution >= 4 is 30.4 Å². The average molecular weight is 428 g/mol. The van der Waals surface area contributed by atoms with Crippen LogP contribution in [0.25, 0.3) is 0 Å². The van der Waals surface area contributed by atoms with Crippen LogP contribution in [-0.4, -0.2) is 19.6 Å². The predicted molar refractivity (Wildman–Crippen MR) is 90.4 cm³/mol. The van der Waals surface area contributed by atoms with Crippen molar-refractivity contribution in [2.45, 2.75) is 6.18 Å². The molecule has 0 radical (unpaired) electrons. The fourth-order valence-corrected chi connectivity index (χ4v) is 8.91. The zero-order valence-electron chi connectivity index (χ0n) is 12.2. The van der Waals surface area contributed by atoms with Gasteiger partial charge in [0.05, 0.1) is 0 Å². The van der Waals surface area contributed by atoms with Gasteiger partial charge < -0.3 is 0 Å². The van der Waals surface area contributed by atoms with E-state index in [1.807, 2.05) is 36.4 Å². The molecule has 0 bridgehead atoms.